The highest BCUT2D eigenvalue weighted by atomic mass is 16.5. The van der Waals surface area contributed by atoms with Gasteiger partial charge in [0, 0.05) is 31.2 Å². The first-order valence-electron chi connectivity index (χ1n) is 7.09. The summed E-state index contributed by atoms with van der Waals surface area (Å²) in [6, 6.07) is 1.54. The smallest absolute Gasteiger partial charge is 0.0730 e. The van der Waals surface area contributed by atoms with E-state index in [1.54, 1.807) is 0 Å². The molecule has 2 saturated carbocycles. The maximum Gasteiger partial charge on any atom is 0.0730 e. The van der Waals surface area contributed by atoms with Gasteiger partial charge in [-0.3, -0.25) is 4.90 Å². The summed E-state index contributed by atoms with van der Waals surface area (Å²) in [5.41, 5.74) is 0. The van der Waals surface area contributed by atoms with E-state index in [4.69, 9.17) is 4.74 Å². The third-order valence-corrected chi connectivity index (χ3v) is 4.32. The Morgan fingerprint density at radius 1 is 1.29 bits per heavy atom. The second kappa shape index (κ2) is 5.22. The van der Waals surface area contributed by atoms with Crippen molar-refractivity contribution >= 4 is 0 Å². The SMILES string of the molecule is OCC(CN1CCOC2CCCC21)NC1CC1. The van der Waals surface area contributed by atoms with Crippen LogP contribution in [0, 0.1) is 0 Å². The predicted molar refractivity (Wildman–Crippen MR) is 66.0 cm³/mol. The Labute approximate surface area is 103 Å². The Morgan fingerprint density at radius 2 is 2.18 bits per heavy atom. The number of rotatable bonds is 5. The predicted octanol–water partition coefficient (Wildman–Crippen LogP) is 0.353. The van der Waals surface area contributed by atoms with Crippen LogP contribution < -0.4 is 5.32 Å². The van der Waals surface area contributed by atoms with Crippen molar-refractivity contribution in [1.29, 1.82) is 0 Å². The normalized spacial score (nSPS) is 35.8. The number of hydrogen-bond donors (Lipinski definition) is 2. The average molecular weight is 240 g/mol. The van der Waals surface area contributed by atoms with Crippen molar-refractivity contribution < 1.29 is 9.84 Å². The Hall–Kier alpha value is -0.160. The summed E-state index contributed by atoms with van der Waals surface area (Å²) < 4.78 is 5.82. The molecule has 3 rings (SSSR count). The molecule has 0 bridgehead atoms. The second-order valence-corrected chi connectivity index (χ2v) is 5.72. The van der Waals surface area contributed by atoms with Crippen LogP contribution >= 0.6 is 0 Å². The molecular formula is C13H24N2O2. The highest BCUT2D eigenvalue weighted by Crippen LogP contribution is 2.29. The van der Waals surface area contributed by atoms with Crippen LogP contribution in [0.25, 0.3) is 0 Å². The molecule has 3 atom stereocenters. The molecule has 1 saturated heterocycles. The van der Waals surface area contributed by atoms with Crippen LogP contribution in [-0.2, 0) is 4.74 Å². The molecule has 98 valence electrons. The van der Waals surface area contributed by atoms with E-state index >= 15 is 0 Å². The molecule has 0 aromatic carbocycles. The van der Waals surface area contributed by atoms with Crippen LogP contribution in [0.4, 0.5) is 0 Å². The van der Waals surface area contributed by atoms with E-state index in [1.165, 1.54) is 32.1 Å². The molecule has 3 aliphatic rings. The molecule has 4 heteroatoms. The molecule has 1 aliphatic heterocycles. The van der Waals surface area contributed by atoms with Gasteiger partial charge in [-0.1, -0.05) is 0 Å². The van der Waals surface area contributed by atoms with E-state index in [-0.39, 0.29) is 12.6 Å². The molecule has 0 spiro atoms. The van der Waals surface area contributed by atoms with Crippen LogP contribution in [0.5, 0.6) is 0 Å². The third-order valence-electron chi connectivity index (χ3n) is 4.32. The van der Waals surface area contributed by atoms with Crippen LogP contribution in [0.2, 0.25) is 0 Å². The number of nitrogens with one attached hydrogen (secondary N) is 1. The minimum absolute atomic E-state index is 0.252. The van der Waals surface area contributed by atoms with Gasteiger partial charge in [0.2, 0.25) is 0 Å². The first-order chi connectivity index (χ1) is 8.36. The van der Waals surface area contributed by atoms with Crippen molar-refractivity contribution in [3.63, 3.8) is 0 Å². The average Bonchev–Trinajstić information content (AvgIpc) is 3.03. The molecular weight excluding hydrogens is 216 g/mol. The first kappa shape index (κ1) is 11.9. The monoisotopic (exact) mass is 240 g/mol. The zero-order valence-corrected chi connectivity index (χ0v) is 10.5. The highest BCUT2D eigenvalue weighted by Gasteiger charge is 2.37. The lowest BCUT2D eigenvalue weighted by molar-refractivity contribution is -0.0597. The minimum atomic E-state index is 0.252. The van der Waals surface area contributed by atoms with Crippen molar-refractivity contribution in [3.05, 3.63) is 0 Å². The highest BCUT2D eigenvalue weighted by molar-refractivity contribution is 4.92. The fourth-order valence-corrected chi connectivity index (χ4v) is 3.26. The van der Waals surface area contributed by atoms with Gasteiger partial charge in [0.05, 0.1) is 19.3 Å². The standard InChI is InChI=1S/C13H24N2O2/c16-9-11(14-10-4-5-10)8-15-6-7-17-13-3-1-2-12(13)15/h10-14,16H,1-9H2. The molecule has 4 nitrogen and oxygen atoms in total. The molecule has 0 radical (unpaired) electrons. The minimum Gasteiger partial charge on any atom is -0.395 e. The number of morpholine rings is 1. The lowest BCUT2D eigenvalue weighted by atomic mass is 10.1. The summed E-state index contributed by atoms with van der Waals surface area (Å²) in [5.74, 6) is 0. The largest absolute Gasteiger partial charge is 0.395 e. The van der Waals surface area contributed by atoms with Gasteiger partial charge >= 0.3 is 0 Å². The van der Waals surface area contributed by atoms with Gasteiger partial charge in [-0.05, 0) is 32.1 Å². The molecule has 2 aliphatic carbocycles. The van der Waals surface area contributed by atoms with Crippen LogP contribution in [-0.4, -0.2) is 60.5 Å². The Kier molecular flexibility index (Phi) is 3.66. The van der Waals surface area contributed by atoms with Crippen LogP contribution in [0.1, 0.15) is 32.1 Å². The van der Waals surface area contributed by atoms with Gasteiger partial charge in [0.15, 0.2) is 0 Å². The van der Waals surface area contributed by atoms with Crippen LogP contribution in [0.3, 0.4) is 0 Å². The van der Waals surface area contributed by atoms with Crippen LogP contribution in [0.15, 0.2) is 0 Å². The molecule has 0 aromatic heterocycles. The first-order valence-corrected chi connectivity index (χ1v) is 7.09. The van der Waals surface area contributed by atoms with E-state index in [0.29, 0.717) is 18.2 Å². The molecule has 17 heavy (non-hydrogen) atoms. The maximum atomic E-state index is 9.45. The number of hydrogen-bond acceptors (Lipinski definition) is 4. The summed E-state index contributed by atoms with van der Waals surface area (Å²) in [6.45, 7) is 3.13. The number of aliphatic hydroxyl groups excluding tert-OH is 1. The Balaban J connectivity index is 1.54. The zero-order chi connectivity index (χ0) is 11.7. The number of ether oxygens (including phenoxy) is 1. The maximum absolute atomic E-state index is 9.45. The van der Waals surface area contributed by atoms with Gasteiger partial charge in [0.1, 0.15) is 0 Å². The van der Waals surface area contributed by atoms with E-state index in [2.05, 4.69) is 10.2 Å². The second-order valence-electron chi connectivity index (χ2n) is 5.72. The number of nitrogens with zero attached hydrogens (tertiary/aromatic N) is 1. The fraction of sp³-hybridized carbons (Fsp3) is 1.00. The lowest BCUT2D eigenvalue weighted by Crippen LogP contribution is -2.54. The van der Waals surface area contributed by atoms with Gasteiger partial charge in [0.25, 0.3) is 0 Å². The van der Waals surface area contributed by atoms with Crippen molar-refractivity contribution in [2.45, 2.75) is 56.3 Å². The summed E-state index contributed by atoms with van der Waals surface area (Å²) in [4.78, 5) is 2.54. The van der Waals surface area contributed by atoms with Gasteiger partial charge in [-0.15, -0.1) is 0 Å². The summed E-state index contributed by atoms with van der Waals surface area (Å²) in [5, 5.41) is 13.0. The number of fused-ring (bicyclic) bond motifs is 1. The third kappa shape index (κ3) is 2.81. The van der Waals surface area contributed by atoms with E-state index < -0.39 is 0 Å². The molecule has 2 N–H and O–H groups in total. The molecule has 0 amide bonds. The van der Waals surface area contributed by atoms with Gasteiger partial charge in [-0.25, -0.2) is 0 Å². The summed E-state index contributed by atoms with van der Waals surface area (Å²) in [6.07, 6.45) is 6.82. The van der Waals surface area contributed by atoms with Gasteiger partial charge in [-0.2, -0.15) is 0 Å². The molecule has 1 heterocycles. The summed E-state index contributed by atoms with van der Waals surface area (Å²) >= 11 is 0. The Morgan fingerprint density at radius 3 is 2.94 bits per heavy atom. The van der Waals surface area contributed by atoms with E-state index in [9.17, 15) is 5.11 Å². The van der Waals surface area contributed by atoms with Crippen molar-refractivity contribution in [3.8, 4) is 0 Å². The van der Waals surface area contributed by atoms with E-state index in [0.717, 1.165) is 19.7 Å². The summed E-state index contributed by atoms with van der Waals surface area (Å²) in [7, 11) is 0. The molecule has 0 aromatic rings. The Bertz CT molecular complexity index is 258. The quantitative estimate of drug-likeness (QED) is 0.728. The van der Waals surface area contributed by atoms with Gasteiger partial charge < -0.3 is 15.2 Å². The zero-order valence-electron chi connectivity index (χ0n) is 10.5. The van der Waals surface area contributed by atoms with Crippen molar-refractivity contribution in [2.24, 2.45) is 0 Å². The van der Waals surface area contributed by atoms with E-state index in [1.807, 2.05) is 0 Å². The topological polar surface area (TPSA) is 44.7 Å². The van der Waals surface area contributed by atoms with Crippen molar-refractivity contribution in [1.82, 2.24) is 10.2 Å². The lowest BCUT2D eigenvalue weighted by Gasteiger charge is -2.39. The molecule has 3 fully saturated rings. The van der Waals surface area contributed by atoms with Crippen molar-refractivity contribution in [2.75, 3.05) is 26.3 Å². The fourth-order valence-electron chi connectivity index (χ4n) is 3.26. The molecule has 3 unspecified atom stereocenters. The number of aliphatic hydroxyl groups is 1.